The van der Waals surface area contributed by atoms with Gasteiger partial charge in [0.2, 0.25) is 0 Å². The van der Waals surface area contributed by atoms with Crippen LogP contribution in [0.2, 0.25) is 0 Å². The number of nitriles is 1. The van der Waals surface area contributed by atoms with Gasteiger partial charge in [0, 0.05) is 56.0 Å². The summed E-state index contributed by atoms with van der Waals surface area (Å²) in [5.41, 5.74) is 3.11. The maximum absolute atomic E-state index is 9.69. The number of nitrogens with zero attached hydrogens (tertiary/aromatic N) is 7. The van der Waals surface area contributed by atoms with Crippen molar-refractivity contribution in [3.05, 3.63) is 36.1 Å². The number of rotatable bonds is 10. The lowest BCUT2D eigenvalue weighted by molar-refractivity contribution is -0.301. The zero-order chi connectivity index (χ0) is 27.6. The van der Waals surface area contributed by atoms with Crippen molar-refractivity contribution >= 4 is 11.8 Å². The van der Waals surface area contributed by atoms with Crippen molar-refractivity contribution < 1.29 is 9.47 Å². The third-order valence-electron chi connectivity index (χ3n) is 8.06. The van der Waals surface area contributed by atoms with Crippen molar-refractivity contribution in [1.82, 2.24) is 29.5 Å². The third kappa shape index (κ3) is 5.68. The number of hydrogen-bond acceptors (Lipinski definition) is 9. The molecule has 2 atom stereocenters. The lowest BCUT2D eigenvalue weighted by Gasteiger charge is -2.54. The molecule has 10 nitrogen and oxygen atoms in total. The number of ether oxygens (including phenoxy) is 2. The molecule has 2 unspecified atom stereocenters. The van der Waals surface area contributed by atoms with E-state index in [-0.39, 0.29) is 18.1 Å². The Morgan fingerprint density at radius 2 is 2.03 bits per heavy atom. The number of hydrogen-bond donors (Lipinski definition) is 1. The first-order chi connectivity index (χ1) is 18.8. The summed E-state index contributed by atoms with van der Waals surface area (Å²) in [6.45, 7) is 12.4. The van der Waals surface area contributed by atoms with Crippen molar-refractivity contribution in [3.63, 3.8) is 0 Å². The summed E-state index contributed by atoms with van der Waals surface area (Å²) < 4.78 is 13.7. The molecule has 0 aliphatic carbocycles. The summed E-state index contributed by atoms with van der Waals surface area (Å²) in [6.07, 6.45) is 12.9. The van der Waals surface area contributed by atoms with Crippen molar-refractivity contribution in [2.45, 2.75) is 77.5 Å². The van der Waals surface area contributed by atoms with Crippen LogP contribution in [0.15, 0.2) is 24.8 Å². The van der Waals surface area contributed by atoms with Crippen molar-refractivity contribution in [2.24, 2.45) is 5.92 Å². The Balaban J connectivity index is 1.20. The van der Waals surface area contributed by atoms with Gasteiger partial charge in [-0.15, -0.1) is 0 Å². The zero-order valence-electron chi connectivity index (χ0n) is 23.5. The fourth-order valence-corrected chi connectivity index (χ4v) is 5.92. The second kappa shape index (κ2) is 11.6. The van der Waals surface area contributed by atoms with Crippen molar-refractivity contribution in [1.29, 1.82) is 10.7 Å². The number of piperidine rings is 1. The molecule has 0 aromatic carbocycles. The summed E-state index contributed by atoms with van der Waals surface area (Å²) in [6, 6.07) is 2.92. The van der Waals surface area contributed by atoms with Gasteiger partial charge in [0.1, 0.15) is 18.1 Å². The molecule has 3 fully saturated rings. The predicted molar refractivity (Wildman–Crippen MR) is 149 cm³/mol. The molecular weight excluding hydrogens is 492 g/mol. The van der Waals surface area contributed by atoms with Gasteiger partial charge in [-0.25, -0.2) is 9.97 Å². The average Bonchev–Trinajstić information content (AvgIpc) is 3.36. The van der Waals surface area contributed by atoms with Gasteiger partial charge in [0.15, 0.2) is 6.29 Å². The maximum atomic E-state index is 9.69. The minimum atomic E-state index is -0.337. The Morgan fingerprint density at radius 1 is 1.28 bits per heavy atom. The van der Waals surface area contributed by atoms with Crippen LogP contribution in [-0.4, -0.2) is 86.6 Å². The lowest BCUT2D eigenvalue weighted by Crippen LogP contribution is -2.66. The van der Waals surface area contributed by atoms with Crippen LogP contribution in [0.4, 0.5) is 0 Å². The molecule has 0 bridgehead atoms. The summed E-state index contributed by atoms with van der Waals surface area (Å²) in [5, 5.41) is 22.5. The Kier molecular flexibility index (Phi) is 8.24. The van der Waals surface area contributed by atoms with E-state index in [1.165, 1.54) is 6.33 Å². The molecule has 1 N–H and O–H groups in total. The molecule has 10 heteroatoms. The first-order valence-electron chi connectivity index (χ1n) is 14.0. The van der Waals surface area contributed by atoms with Gasteiger partial charge in [0.05, 0.1) is 42.4 Å². The first kappa shape index (κ1) is 27.6. The van der Waals surface area contributed by atoms with Crippen LogP contribution in [0.25, 0.3) is 17.3 Å². The monoisotopic (exact) mass is 532 g/mol. The Morgan fingerprint density at radius 3 is 2.67 bits per heavy atom. The van der Waals surface area contributed by atoms with E-state index in [0.29, 0.717) is 29.8 Å². The van der Waals surface area contributed by atoms with Crippen LogP contribution in [0.5, 0.6) is 0 Å². The molecule has 0 amide bonds. The van der Waals surface area contributed by atoms with Gasteiger partial charge in [0.25, 0.3) is 0 Å². The summed E-state index contributed by atoms with van der Waals surface area (Å²) in [5.74, 6) is 0.522. The Hall–Kier alpha value is -2.97. The van der Waals surface area contributed by atoms with Crippen molar-refractivity contribution in [2.75, 3.05) is 32.8 Å². The van der Waals surface area contributed by atoms with E-state index in [1.807, 2.05) is 36.2 Å². The van der Waals surface area contributed by atoms with Gasteiger partial charge in [-0.05, 0) is 32.6 Å². The van der Waals surface area contributed by atoms with Crippen LogP contribution in [-0.2, 0) is 15.0 Å². The van der Waals surface area contributed by atoms with Crippen molar-refractivity contribution in [3.8, 4) is 17.3 Å². The number of nitrogens with one attached hydrogen (secondary N) is 1. The molecule has 0 radical (unpaired) electrons. The Bertz CT molecular complexity index is 1230. The smallest absolute Gasteiger partial charge is 0.163 e. The lowest BCUT2D eigenvalue weighted by atomic mass is 9.83. The molecule has 0 saturated carbocycles. The van der Waals surface area contributed by atoms with E-state index in [9.17, 15) is 5.26 Å². The van der Waals surface area contributed by atoms with Crippen LogP contribution >= 0.6 is 0 Å². The minimum absolute atomic E-state index is 0.0480. The summed E-state index contributed by atoms with van der Waals surface area (Å²) in [7, 11) is 0. The van der Waals surface area contributed by atoms with Crippen LogP contribution in [0, 0.1) is 22.7 Å². The van der Waals surface area contributed by atoms with Gasteiger partial charge < -0.3 is 14.9 Å². The molecule has 2 aromatic heterocycles. The predicted octanol–water partition coefficient (Wildman–Crippen LogP) is 3.90. The Labute approximate surface area is 231 Å². The van der Waals surface area contributed by atoms with Gasteiger partial charge in [-0.3, -0.25) is 14.5 Å². The molecule has 3 saturated heterocycles. The quantitative estimate of drug-likeness (QED) is 0.458. The largest absolute Gasteiger partial charge is 0.352 e. The third-order valence-corrected chi connectivity index (χ3v) is 8.06. The number of allylic oxidation sites excluding steroid dienone is 1. The summed E-state index contributed by atoms with van der Waals surface area (Å²) in [4.78, 5) is 13.8. The fraction of sp³-hybridized carbons (Fsp3) is 0.621. The van der Waals surface area contributed by atoms with Gasteiger partial charge in [-0.2, -0.15) is 10.4 Å². The normalized spacial score (nSPS) is 24.0. The zero-order valence-corrected chi connectivity index (χ0v) is 23.5. The molecule has 3 aliphatic heterocycles. The average molecular weight is 533 g/mol. The molecule has 3 aliphatic rings. The molecule has 2 aromatic rings. The molecule has 0 spiro atoms. The highest BCUT2D eigenvalue weighted by atomic mass is 16.7. The molecular formula is C29H40N8O2. The standard InChI is InChI=1S/C29H40N8O2/c1-5-6-24-27(21(4)31)32-19-33-28(24)22-14-34-37(15-22)29(9-10-30)17-36(18-29)23-7-11-35(12-8-23)25-13-26(39-25)38-16-20(2)3/h5-6,14-15,19-20,23,25-26,31H,7-9,11-13,16-18H2,1-4H3. The van der Waals surface area contributed by atoms with Crippen LogP contribution in [0.3, 0.4) is 0 Å². The highest BCUT2D eigenvalue weighted by Gasteiger charge is 2.48. The van der Waals surface area contributed by atoms with Crippen LogP contribution in [0.1, 0.15) is 64.6 Å². The number of aromatic nitrogens is 4. The maximum Gasteiger partial charge on any atom is 0.163 e. The van der Waals surface area contributed by atoms with Crippen LogP contribution < -0.4 is 0 Å². The number of likely N-dealkylation sites (tertiary alicyclic amines) is 2. The van der Waals surface area contributed by atoms with E-state index in [0.717, 1.165) is 68.9 Å². The van der Waals surface area contributed by atoms with Gasteiger partial charge >= 0.3 is 0 Å². The molecule has 5 heterocycles. The first-order valence-corrected chi connectivity index (χ1v) is 14.0. The highest BCUT2D eigenvalue weighted by Crippen LogP contribution is 2.38. The minimum Gasteiger partial charge on any atom is -0.352 e. The molecule has 5 rings (SSSR count). The second-order valence-electron chi connectivity index (χ2n) is 11.5. The molecule has 208 valence electrons. The second-order valence-corrected chi connectivity index (χ2v) is 11.5. The van der Waals surface area contributed by atoms with Gasteiger partial charge in [-0.1, -0.05) is 26.0 Å². The highest BCUT2D eigenvalue weighted by molar-refractivity contribution is 5.99. The van der Waals surface area contributed by atoms with E-state index in [4.69, 9.17) is 20.0 Å². The fourth-order valence-electron chi connectivity index (χ4n) is 5.92. The molecule has 39 heavy (non-hydrogen) atoms. The van der Waals surface area contributed by atoms with E-state index < -0.39 is 0 Å². The summed E-state index contributed by atoms with van der Waals surface area (Å²) >= 11 is 0. The van der Waals surface area contributed by atoms with E-state index in [2.05, 4.69) is 39.7 Å². The van der Waals surface area contributed by atoms with E-state index in [1.54, 1.807) is 6.92 Å². The SMILES string of the molecule is CC=Cc1c(C(C)=N)ncnc1-c1cnn(C2(CC#N)CN(C3CCN(C4CC(OCC(C)C)O4)CC3)C2)c1. The topological polar surface area (TPSA) is 116 Å². The van der Waals surface area contributed by atoms with E-state index >= 15 is 0 Å².